The number of fused-ring (bicyclic) bond motifs is 1. The van der Waals surface area contributed by atoms with Crippen molar-refractivity contribution in [1.82, 2.24) is 20.9 Å². The lowest BCUT2D eigenvalue weighted by Crippen LogP contribution is -2.57. The number of carbonyl (C=O) groups is 4. The van der Waals surface area contributed by atoms with Gasteiger partial charge in [-0.1, -0.05) is 32.0 Å². The summed E-state index contributed by atoms with van der Waals surface area (Å²) in [7, 11) is 0. The first kappa shape index (κ1) is 31.1. The first-order valence-corrected chi connectivity index (χ1v) is 13.5. The van der Waals surface area contributed by atoms with Crippen molar-refractivity contribution >= 4 is 47.2 Å². The molecule has 0 saturated heterocycles. The van der Waals surface area contributed by atoms with E-state index in [4.69, 9.17) is 11.5 Å². The Bertz CT molecular complexity index is 1090. The van der Waals surface area contributed by atoms with E-state index in [0.29, 0.717) is 25.8 Å². The Morgan fingerprint density at radius 1 is 0.974 bits per heavy atom. The van der Waals surface area contributed by atoms with E-state index in [-0.39, 0.29) is 24.5 Å². The molecule has 0 aliphatic carbocycles. The Kier molecular flexibility index (Phi) is 12.6. The fourth-order valence-corrected chi connectivity index (χ4v) is 4.37. The Labute approximate surface area is 228 Å². The number of aliphatic carboxylic acids is 1. The van der Waals surface area contributed by atoms with E-state index in [1.165, 1.54) is 0 Å². The Morgan fingerprint density at radius 2 is 1.61 bits per heavy atom. The van der Waals surface area contributed by atoms with Crippen LogP contribution >= 0.6 is 12.6 Å². The van der Waals surface area contributed by atoms with Gasteiger partial charge in [0.1, 0.15) is 18.1 Å². The average molecular weight is 549 g/mol. The molecule has 1 heterocycles. The zero-order valence-electron chi connectivity index (χ0n) is 21.9. The van der Waals surface area contributed by atoms with Gasteiger partial charge in [-0.15, -0.1) is 0 Å². The van der Waals surface area contributed by atoms with Crippen molar-refractivity contribution in [1.29, 1.82) is 0 Å². The number of hydrogen-bond acceptors (Lipinski definition) is 7. The summed E-state index contributed by atoms with van der Waals surface area (Å²) >= 11 is 4.17. The summed E-state index contributed by atoms with van der Waals surface area (Å²) in [6, 6.07) is 3.42. The molecule has 210 valence electrons. The summed E-state index contributed by atoms with van der Waals surface area (Å²) in [5.74, 6) is -2.75. The maximum absolute atomic E-state index is 13.2. The van der Waals surface area contributed by atoms with Crippen molar-refractivity contribution in [3.05, 3.63) is 36.0 Å². The topological polar surface area (TPSA) is 192 Å². The molecular weight excluding hydrogens is 508 g/mol. The Balaban J connectivity index is 2.12. The van der Waals surface area contributed by atoms with Gasteiger partial charge in [0.05, 0.1) is 6.04 Å². The number of hydrogen-bond donors (Lipinski definition) is 8. The predicted molar refractivity (Wildman–Crippen MR) is 150 cm³/mol. The summed E-state index contributed by atoms with van der Waals surface area (Å²) in [4.78, 5) is 53.7. The minimum atomic E-state index is -1.22. The van der Waals surface area contributed by atoms with Crippen LogP contribution in [0.15, 0.2) is 30.5 Å². The molecule has 38 heavy (non-hydrogen) atoms. The number of benzene rings is 1. The summed E-state index contributed by atoms with van der Waals surface area (Å²) in [5.41, 5.74) is 13.1. The normalized spacial score (nSPS) is 14.5. The second kappa shape index (κ2) is 15.4. The van der Waals surface area contributed by atoms with Crippen molar-refractivity contribution in [2.24, 2.45) is 17.4 Å². The van der Waals surface area contributed by atoms with Crippen molar-refractivity contribution in [3.8, 4) is 0 Å². The van der Waals surface area contributed by atoms with E-state index in [1.807, 2.05) is 38.1 Å². The monoisotopic (exact) mass is 548 g/mol. The number of carboxylic acids is 1. The van der Waals surface area contributed by atoms with Crippen molar-refractivity contribution in [2.75, 3.05) is 12.3 Å². The van der Waals surface area contributed by atoms with Crippen LogP contribution in [0, 0.1) is 5.92 Å². The van der Waals surface area contributed by atoms with Crippen LogP contribution in [0.3, 0.4) is 0 Å². The maximum Gasteiger partial charge on any atom is 0.326 e. The molecule has 0 bridgehead atoms. The smallest absolute Gasteiger partial charge is 0.326 e. The lowest BCUT2D eigenvalue weighted by atomic mass is 10.0. The molecule has 2 rings (SSSR count). The Morgan fingerprint density at radius 3 is 2.24 bits per heavy atom. The number of aromatic nitrogens is 1. The van der Waals surface area contributed by atoms with E-state index in [2.05, 4.69) is 33.6 Å². The molecule has 0 saturated carbocycles. The second-order valence-electron chi connectivity index (χ2n) is 9.79. The highest BCUT2D eigenvalue weighted by Gasteiger charge is 2.30. The number of nitrogens with two attached hydrogens (primary N) is 2. The largest absolute Gasteiger partial charge is 0.480 e. The van der Waals surface area contributed by atoms with Gasteiger partial charge < -0.3 is 37.5 Å². The minimum absolute atomic E-state index is 0.0125. The summed E-state index contributed by atoms with van der Waals surface area (Å²) < 4.78 is 0. The summed E-state index contributed by atoms with van der Waals surface area (Å²) in [5, 5.41) is 18.5. The number of para-hydroxylation sites is 1. The van der Waals surface area contributed by atoms with Crippen LogP contribution in [0.2, 0.25) is 0 Å². The molecule has 1 aromatic carbocycles. The van der Waals surface area contributed by atoms with Gasteiger partial charge >= 0.3 is 5.97 Å². The number of thiol groups is 1. The van der Waals surface area contributed by atoms with Crippen molar-refractivity contribution < 1.29 is 24.3 Å². The van der Waals surface area contributed by atoms with E-state index < -0.39 is 47.9 Å². The van der Waals surface area contributed by atoms with Crippen LogP contribution in [-0.4, -0.2) is 70.2 Å². The number of nitrogens with one attached hydrogen (secondary N) is 4. The SMILES string of the molecule is CC(C)CC(N)C(=O)NC(CS)C(=O)NC(CCCCN)C(=O)NC(Cc1c[nH]c2ccccc12)C(=O)O. The fourth-order valence-electron chi connectivity index (χ4n) is 4.11. The van der Waals surface area contributed by atoms with E-state index in [1.54, 1.807) is 6.20 Å². The number of carboxylic acid groups (broad SMARTS) is 1. The van der Waals surface area contributed by atoms with Crippen LogP contribution in [0.4, 0.5) is 0 Å². The molecule has 9 N–H and O–H groups in total. The zero-order chi connectivity index (χ0) is 28.2. The number of carbonyl (C=O) groups excluding carboxylic acids is 3. The third-order valence-corrected chi connectivity index (χ3v) is 6.54. The lowest BCUT2D eigenvalue weighted by molar-refractivity contribution is -0.142. The molecule has 12 heteroatoms. The zero-order valence-corrected chi connectivity index (χ0v) is 22.8. The molecule has 1 aromatic heterocycles. The predicted octanol–water partition coefficient (Wildman–Crippen LogP) is 0.682. The van der Waals surface area contributed by atoms with Gasteiger partial charge in [0.15, 0.2) is 0 Å². The maximum atomic E-state index is 13.2. The first-order valence-electron chi connectivity index (χ1n) is 12.8. The standard InChI is InChI=1S/C26H40N6O5S/c1-15(2)11-18(28)23(33)32-22(14-38)25(35)30-20(9-5-6-10-27)24(34)31-21(26(36)37)12-16-13-29-19-8-4-3-7-17(16)19/h3-4,7-8,13,15,18,20-22,29,38H,5-6,9-12,14,27-28H2,1-2H3,(H,30,35)(H,31,34)(H,32,33)(H,36,37). The number of rotatable bonds is 16. The summed E-state index contributed by atoms with van der Waals surface area (Å²) in [6.07, 6.45) is 3.62. The van der Waals surface area contributed by atoms with Gasteiger partial charge in [-0.25, -0.2) is 4.79 Å². The van der Waals surface area contributed by atoms with Crippen LogP contribution in [-0.2, 0) is 25.6 Å². The van der Waals surface area contributed by atoms with E-state index >= 15 is 0 Å². The highest BCUT2D eigenvalue weighted by molar-refractivity contribution is 7.80. The fraction of sp³-hybridized carbons (Fsp3) is 0.538. The average Bonchev–Trinajstić information content (AvgIpc) is 3.28. The van der Waals surface area contributed by atoms with E-state index in [9.17, 15) is 24.3 Å². The number of aromatic amines is 1. The Hall–Kier alpha value is -3.09. The lowest BCUT2D eigenvalue weighted by Gasteiger charge is -2.25. The van der Waals surface area contributed by atoms with Crippen molar-refractivity contribution in [2.45, 2.75) is 70.1 Å². The number of H-pyrrole nitrogens is 1. The van der Waals surface area contributed by atoms with Gasteiger partial charge in [0.2, 0.25) is 17.7 Å². The third kappa shape index (κ3) is 9.34. The van der Waals surface area contributed by atoms with E-state index in [0.717, 1.165) is 16.5 Å². The molecule has 0 aliphatic heterocycles. The minimum Gasteiger partial charge on any atom is -0.480 e. The molecule has 4 atom stereocenters. The van der Waals surface area contributed by atoms with Gasteiger partial charge in [0.25, 0.3) is 0 Å². The molecule has 0 fully saturated rings. The van der Waals surface area contributed by atoms with Crippen LogP contribution in [0.5, 0.6) is 0 Å². The van der Waals surface area contributed by atoms with Crippen LogP contribution < -0.4 is 27.4 Å². The third-order valence-electron chi connectivity index (χ3n) is 6.17. The summed E-state index contributed by atoms with van der Waals surface area (Å²) in [6.45, 7) is 4.27. The van der Waals surface area contributed by atoms with Gasteiger partial charge in [-0.2, -0.15) is 12.6 Å². The molecule has 0 radical (unpaired) electrons. The molecular formula is C26H40N6O5S. The molecule has 0 spiro atoms. The molecule has 0 aliphatic rings. The second-order valence-corrected chi connectivity index (χ2v) is 10.2. The highest BCUT2D eigenvalue weighted by atomic mass is 32.1. The first-order chi connectivity index (χ1) is 18.1. The molecule has 4 unspecified atom stereocenters. The molecule has 2 aromatic rings. The molecule has 3 amide bonds. The highest BCUT2D eigenvalue weighted by Crippen LogP contribution is 2.19. The van der Waals surface area contributed by atoms with Gasteiger partial charge in [-0.3, -0.25) is 14.4 Å². The number of unbranched alkanes of at least 4 members (excludes halogenated alkanes) is 1. The van der Waals surface area contributed by atoms with Gasteiger partial charge in [0, 0.05) is 29.3 Å². The van der Waals surface area contributed by atoms with Crippen molar-refractivity contribution in [3.63, 3.8) is 0 Å². The van der Waals surface area contributed by atoms with Crippen LogP contribution in [0.25, 0.3) is 10.9 Å². The van der Waals surface area contributed by atoms with Crippen LogP contribution in [0.1, 0.15) is 45.1 Å². The van der Waals surface area contributed by atoms with Gasteiger partial charge in [-0.05, 0) is 49.8 Å². The number of amides is 3. The molecule has 11 nitrogen and oxygen atoms in total. The quantitative estimate of drug-likeness (QED) is 0.112.